The SMILES string of the molecule is CC(=O)OC1CN2CCC(O)C2C(O)C1O. The minimum Gasteiger partial charge on any atom is -0.458 e. The minimum absolute atomic E-state index is 0.361. The molecule has 2 saturated heterocycles. The third kappa shape index (κ3) is 1.93. The molecule has 0 bridgehead atoms. The lowest BCUT2D eigenvalue weighted by atomic mass is 9.93. The van der Waals surface area contributed by atoms with Crippen LogP contribution in [0.3, 0.4) is 0 Å². The maximum Gasteiger partial charge on any atom is 0.303 e. The highest BCUT2D eigenvalue weighted by atomic mass is 16.6. The number of piperidine rings is 1. The minimum atomic E-state index is -1.13. The number of rotatable bonds is 1. The van der Waals surface area contributed by atoms with E-state index in [-0.39, 0.29) is 0 Å². The van der Waals surface area contributed by atoms with Gasteiger partial charge in [-0.2, -0.15) is 0 Å². The van der Waals surface area contributed by atoms with Crippen LogP contribution in [0.15, 0.2) is 0 Å². The topological polar surface area (TPSA) is 90.2 Å². The van der Waals surface area contributed by atoms with Crippen LogP contribution in [0.5, 0.6) is 0 Å². The second-order valence-corrected chi connectivity index (χ2v) is 4.47. The molecule has 5 unspecified atom stereocenters. The molecule has 0 saturated carbocycles. The molecule has 2 aliphatic rings. The van der Waals surface area contributed by atoms with Gasteiger partial charge in [0.1, 0.15) is 18.3 Å². The number of fused-ring (bicyclic) bond motifs is 1. The molecule has 16 heavy (non-hydrogen) atoms. The zero-order valence-corrected chi connectivity index (χ0v) is 9.11. The summed E-state index contributed by atoms with van der Waals surface area (Å²) in [6, 6.07) is -0.443. The van der Waals surface area contributed by atoms with Crippen LogP contribution >= 0.6 is 0 Å². The summed E-state index contributed by atoms with van der Waals surface area (Å²) >= 11 is 0. The van der Waals surface area contributed by atoms with Crippen LogP contribution in [-0.4, -0.2) is 69.7 Å². The van der Waals surface area contributed by atoms with Crippen LogP contribution < -0.4 is 0 Å². The van der Waals surface area contributed by atoms with E-state index in [0.717, 1.165) is 0 Å². The van der Waals surface area contributed by atoms with E-state index in [9.17, 15) is 20.1 Å². The molecule has 6 nitrogen and oxygen atoms in total. The molecule has 2 aliphatic heterocycles. The molecule has 0 amide bonds. The lowest BCUT2D eigenvalue weighted by molar-refractivity contribution is -0.176. The largest absolute Gasteiger partial charge is 0.458 e. The Labute approximate surface area is 93.4 Å². The quantitative estimate of drug-likeness (QED) is 0.456. The average molecular weight is 231 g/mol. The maximum absolute atomic E-state index is 10.8. The number of hydrogen-bond acceptors (Lipinski definition) is 6. The van der Waals surface area contributed by atoms with Crippen molar-refractivity contribution in [2.75, 3.05) is 13.1 Å². The Balaban J connectivity index is 2.09. The van der Waals surface area contributed by atoms with E-state index in [0.29, 0.717) is 19.5 Å². The third-order valence-corrected chi connectivity index (χ3v) is 3.34. The Morgan fingerprint density at radius 2 is 2.00 bits per heavy atom. The van der Waals surface area contributed by atoms with E-state index < -0.39 is 36.4 Å². The van der Waals surface area contributed by atoms with Crippen molar-refractivity contribution in [2.45, 2.75) is 43.8 Å². The number of nitrogens with zero attached hydrogens (tertiary/aromatic N) is 1. The van der Waals surface area contributed by atoms with Crippen LogP contribution in [0.25, 0.3) is 0 Å². The molecule has 0 aromatic rings. The first kappa shape index (κ1) is 11.8. The molecule has 0 spiro atoms. The summed E-state index contributed by atoms with van der Waals surface area (Å²) in [6.45, 7) is 2.27. The summed E-state index contributed by atoms with van der Waals surface area (Å²) in [5, 5.41) is 29.3. The average Bonchev–Trinajstić information content (AvgIpc) is 2.55. The number of hydrogen-bond donors (Lipinski definition) is 3. The summed E-state index contributed by atoms with van der Waals surface area (Å²) in [5.74, 6) is -0.477. The van der Waals surface area contributed by atoms with Crippen molar-refractivity contribution in [2.24, 2.45) is 0 Å². The highest BCUT2D eigenvalue weighted by Gasteiger charge is 2.49. The molecular formula is C10H17NO5. The summed E-state index contributed by atoms with van der Waals surface area (Å²) < 4.78 is 4.95. The predicted octanol–water partition coefficient (Wildman–Crippen LogP) is -1.91. The van der Waals surface area contributed by atoms with Gasteiger partial charge in [-0.1, -0.05) is 0 Å². The number of aliphatic hydroxyl groups is 3. The molecule has 2 heterocycles. The number of carbonyl (C=O) groups is 1. The van der Waals surface area contributed by atoms with Gasteiger partial charge in [-0.25, -0.2) is 0 Å². The zero-order chi connectivity index (χ0) is 11.9. The van der Waals surface area contributed by atoms with Crippen molar-refractivity contribution in [3.8, 4) is 0 Å². The first-order chi connectivity index (χ1) is 7.50. The van der Waals surface area contributed by atoms with Crippen LogP contribution in [0.1, 0.15) is 13.3 Å². The number of esters is 1. The van der Waals surface area contributed by atoms with Crippen molar-refractivity contribution >= 4 is 5.97 Å². The van der Waals surface area contributed by atoms with Gasteiger partial charge >= 0.3 is 5.97 Å². The van der Waals surface area contributed by atoms with Gasteiger partial charge in [0, 0.05) is 20.0 Å². The van der Waals surface area contributed by atoms with Gasteiger partial charge in [0.15, 0.2) is 0 Å². The standard InChI is InChI=1S/C10H17NO5/c1-5(12)16-7-4-11-3-2-6(13)8(11)10(15)9(7)14/h6-10,13-15H,2-4H2,1H3. The second-order valence-electron chi connectivity index (χ2n) is 4.47. The highest BCUT2D eigenvalue weighted by molar-refractivity contribution is 5.66. The van der Waals surface area contributed by atoms with Crippen LogP contribution in [0.2, 0.25) is 0 Å². The summed E-state index contributed by atoms with van der Waals surface area (Å²) in [7, 11) is 0. The Hall–Kier alpha value is -0.690. The van der Waals surface area contributed by atoms with Gasteiger partial charge in [-0.3, -0.25) is 9.69 Å². The monoisotopic (exact) mass is 231 g/mol. The predicted molar refractivity (Wildman–Crippen MR) is 53.6 cm³/mol. The fourth-order valence-electron chi connectivity index (χ4n) is 2.60. The summed E-state index contributed by atoms with van der Waals surface area (Å²) in [5.41, 5.74) is 0. The van der Waals surface area contributed by atoms with Crippen molar-refractivity contribution in [3.63, 3.8) is 0 Å². The molecule has 0 aromatic heterocycles. The summed E-state index contributed by atoms with van der Waals surface area (Å²) in [4.78, 5) is 12.7. The Morgan fingerprint density at radius 3 is 2.62 bits per heavy atom. The number of ether oxygens (including phenoxy) is 1. The molecule has 6 heteroatoms. The van der Waals surface area contributed by atoms with Gasteiger partial charge in [0.05, 0.1) is 12.1 Å². The summed E-state index contributed by atoms with van der Waals surface area (Å²) in [6.07, 6.45) is -2.97. The maximum atomic E-state index is 10.8. The van der Waals surface area contributed by atoms with Crippen LogP contribution in [-0.2, 0) is 9.53 Å². The molecule has 3 N–H and O–H groups in total. The van der Waals surface area contributed by atoms with Crippen molar-refractivity contribution < 1.29 is 24.9 Å². The number of carbonyl (C=O) groups excluding carboxylic acids is 1. The molecule has 0 aromatic carbocycles. The smallest absolute Gasteiger partial charge is 0.303 e. The molecule has 92 valence electrons. The van der Waals surface area contributed by atoms with Crippen molar-refractivity contribution in [1.29, 1.82) is 0 Å². The Morgan fingerprint density at radius 1 is 1.31 bits per heavy atom. The molecule has 2 rings (SSSR count). The first-order valence-electron chi connectivity index (χ1n) is 5.46. The van der Waals surface area contributed by atoms with E-state index in [1.165, 1.54) is 6.92 Å². The molecule has 5 atom stereocenters. The van der Waals surface area contributed by atoms with Crippen molar-refractivity contribution in [3.05, 3.63) is 0 Å². The lowest BCUT2D eigenvalue weighted by Gasteiger charge is -2.42. The molecular weight excluding hydrogens is 214 g/mol. The van der Waals surface area contributed by atoms with Gasteiger partial charge in [-0.15, -0.1) is 0 Å². The first-order valence-corrected chi connectivity index (χ1v) is 5.46. The fraction of sp³-hybridized carbons (Fsp3) is 0.900. The van der Waals surface area contributed by atoms with Crippen LogP contribution in [0.4, 0.5) is 0 Å². The normalized spacial score (nSPS) is 44.1. The van der Waals surface area contributed by atoms with Gasteiger partial charge < -0.3 is 20.1 Å². The zero-order valence-electron chi connectivity index (χ0n) is 9.11. The van der Waals surface area contributed by atoms with Gasteiger partial charge in [0.25, 0.3) is 0 Å². The third-order valence-electron chi connectivity index (χ3n) is 3.34. The second kappa shape index (κ2) is 4.29. The molecule has 2 fully saturated rings. The Kier molecular flexibility index (Phi) is 3.16. The fourth-order valence-corrected chi connectivity index (χ4v) is 2.60. The van der Waals surface area contributed by atoms with E-state index >= 15 is 0 Å². The van der Waals surface area contributed by atoms with E-state index in [1.54, 1.807) is 0 Å². The number of aliphatic hydroxyl groups excluding tert-OH is 3. The van der Waals surface area contributed by atoms with Gasteiger partial charge in [-0.05, 0) is 6.42 Å². The molecule has 0 aliphatic carbocycles. The Bertz CT molecular complexity index is 284. The van der Waals surface area contributed by atoms with Crippen LogP contribution in [0, 0.1) is 0 Å². The van der Waals surface area contributed by atoms with Gasteiger partial charge in [0.2, 0.25) is 0 Å². The van der Waals surface area contributed by atoms with E-state index in [2.05, 4.69) is 0 Å². The highest BCUT2D eigenvalue weighted by Crippen LogP contribution is 2.29. The van der Waals surface area contributed by atoms with Crippen molar-refractivity contribution in [1.82, 2.24) is 4.90 Å². The molecule has 0 radical (unpaired) electrons. The van der Waals surface area contributed by atoms with E-state index in [4.69, 9.17) is 4.74 Å². The lowest BCUT2D eigenvalue weighted by Crippen LogP contribution is -2.62. The van der Waals surface area contributed by atoms with E-state index in [1.807, 2.05) is 4.90 Å².